The van der Waals surface area contributed by atoms with Crippen LogP contribution in [0, 0.1) is 0 Å². The van der Waals surface area contributed by atoms with Crippen LogP contribution in [0.5, 0.6) is 5.75 Å². The lowest BCUT2D eigenvalue weighted by Gasteiger charge is -2.28. The van der Waals surface area contributed by atoms with Crippen LogP contribution in [-0.4, -0.2) is 20.2 Å². The van der Waals surface area contributed by atoms with Gasteiger partial charge in [-0.15, -0.1) is 0 Å². The average Bonchev–Trinajstić information content (AvgIpc) is 2.56. The number of ether oxygens (including phenoxy) is 1. The molecule has 0 bridgehead atoms. The lowest BCUT2D eigenvalue weighted by atomic mass is 10.1. The van der Waals surface area contributed by atoms with Crippen molar-refractivity contribution in [3.63, 3.8) is 0 Å². The molecule has 1 atom stereocenters. The molecule has 0 aliphatic heterocycles. The minimum absolute atomic E-state index is 0.125. The largest absolute Gasteiger partial charge is 0.451 e. The summed E-state index contributed by atoms with van der Waals surface area (Å²) < 4.78 is 48.9. The Balaban J connectivity index is 2.41. The molecule has 7 heteroatoms. The van der Waals surface area contributed by atoms with Crippen LogP contribution in [0.3, 0.4) is 0 Å². The Morgan fingerprint density at radius 3 is 2.08 bits per heavy atom. The maximum atomic E-state index is 13.8. The second-order valence-corrected chi connectivity index (χ2v) is 6.59. The number of halogens is 1. The Labute approximate surface area is 140 Å². The van der Waals surface area contributed by atoms with Gasteiger partial charge >= 0.3 is 21.9 Å². The molecule has 24 heavy (non-hydrogen) atoms. The molecule has 0 fully saturated rings. The van der Waals surface area contributed by atoms with Crippen molar-refractivity contribution in [2.45, 2.75) is 30.4 Å². The summed E-state index contributed by atoms with van der Waals surface area (Å²) in [7, 11) is -4.39. The van der Waals surface area contributed by atoms with Crippen molar-refractivity contribution in [1.82, 2.24) is 0 Å². The lowest BCUT2D eigenvalue weighted by Crippen LogP contribution is -2.47. The zero-order valence-corrected chi connectivity index (χ0v) is 13.8. The summed E-state index contributed by atoms with van der Waals surface area (Å²) in [6.45, 7) is 1.66. The van der Waals surface area contributed by atoms with Gasteiger partial charge in [-0.1, -0.05) is 43.3 Å². The quantitative estimate of drug-likeness (QED) is 0.413. The highest BCUT2D eigenvalue weighted by Crippen LogP contribution is 2.30. The number of hydrogen-bond acceptors (Lipinski definition) is 5. The van der Waals surface area contributed by atoms with Gasteiger partial charge in [0.2, 0.25) is 0 Å². The van der Waals surface area contributed by atoms with E-state index in [-0.39, 0.29) is 23.5 Å². The van der Waals surface area contributed by atoms with Gasteiger partial charge in [0.05, 0.1) is 4.90 Å². The van der Waals surface area contributed by atoms with Gasteiger partial charge in [-0.05, 0) is 30.7 Å². The molecule has 0 aromatic heterocycles. The van der Waals surface area contributed by atoms with Gasteiger partial charge < -0.3 is 4.74 Å². The fourth-order valence-electron chi connectivity index (χ4n) is 2.10. The summed E-state index contributed by atoms with van der Waals surface area (Å²) in [4.78, 5) is 11.4. The Morgan fingerprint density at radius 1 is 1.04 bits per heavy atom. The third kappa shape index (κ3) is 4.18. The number of carbonyl (C=O) groups is 1. The zero-order valence-electron chi connectivity index (χ0n) is 13.0. The second-order valence-electron chi connectivity index (χ2n) is 5.04. The minimum atomic E-state index is -4.39. The molecule has 2 rings (SSSR count). The molecule has 0 radical (unpaired) electrons. The fourth-order valence-corrected chi connectivity index (χ4v) is 3.23. The predicted molar refractivity (Wildman–Crippen MR) is 85.5 cm³/mol. The van der Waals surface area contributed by atoms with E-state index in [1.54, 1.807) is 31.2 Å². The maximum absolute atomic E-state index is 13.8. The van der Waals surface area contributed by atoms with Crippen LogP contribution < -0.4 is 4.74 Å². The molecule has 0 aliphatic carbocycles. The summed E-state index contributed by atoms with van der Waals surface area (Å²) in [6.07, 6.45) is 0.0100. The Kier molecular flexibility index (Phi) is 5.69. The molecule has 0 N–H and O–H groups in total. The number of carbonyl (C=O) groups excluding carboxylic acids is 1. The smallest absolute Gasteiger partial charge is 0.374 e. The van der Waals surface area contributed by atoms with Crippen molar-refractivity contribution in [3.8, 4) is 5.75 Å². The van der Waals surface area contributed by atoms with Gasteiger partial charge in [0, 0.05) is 6.42 Å². The maximum Gasteiger partial charge on any atom is 0.374 e. The molecule has 0 saturated heterocycles. The molecule has 0 aliphatic rings. The number of rotatable bonds is 8. The van der Waals surface area contributed by atoms with Crippen molar-refractivity contribution in [2.24, 2.45) is 0 Å². The molecule has 0 saturated carbocycles. The zero-order chi connectivity index (χ0) is 17.6. The highest BCUT2D eigenvalue weighted by Gasteiger charge is 2.47. The molecule has 2 aromatic rings. The second kappa shape index (κ2) is 7.55. The van der Waals surface area contributed by atoms with Gasteiger partial charge in [0.1, 0.15) is 5.75 Å². The first-order chi connectivity index (χ1) is 11.4. The summed E-state index contributed by atoms with van der Waals surface area (Å²) >= 11 is 0. The van der Waals surface area contributed by atoms with Crippen molar-refractivity contribution in [3.05, 3.63) is 60.7 Å². The van der Waals surface area contributed by atoms with E-state index < -0.39 is 21.9 Å². The first-order valence-corrected chi connectivity index (χ1v) is 8.75. The Bertz CT molecular complexity index is 777. The summed E-state index contributed by atoms with van der Waals surface area (Å²) in [5.41, 5.74) is 0. The van der Waals surface area contributed by atoms with Gasteiger partial charge in [-0.3, -0.25) is 4.79 Å². The van der Waals surface area contributed by atoms with Gasteiger partial charge in [0.25, 0.3) is 0 Å². The first-order valence-electron chi connectivity index (χ1n) is 7.34. The number of benzene rings is 2. The number of para-hydroxylation sites is 1. The van der Waals surface area contributed by atoms with Crippen LogP contribution in [0.4, 0.5) is 4.39 Å². The standard InChI is InChI=1S/C17H17FO5S/c1-2-13-17(16(18)19,22-14-9-5-3-6-10-14)23-24(20,21)15-11-7-4-8-12-15/h3-12H,2,13H2,1H3. The van der Waals surface area contributed by atoms with E-state index in [1.807, 2.05) is 0 Å². The molecule has 2 aromatic carbocycles. The van der Waals surface area contributed by atoms with Crippen LogP contribution in [0.15, 0.2) is 65.6 Å². The molecule has 0 spiro atoms. The average molecular weight is 352 g/mol. The third-order valence-electron chi connectivity index (χ3n) is 3.18. The van der Waals surface area contributed by atoms with Crippen molar-refractivity contribution in [2.75, 3.05) is 0 Å². The van der Waals surface area contributed by atoms with E-state index in [0.717, 1.165) is 0 Å². The Morgan fingerprint density at radius 2 is 1.58 bits per heavy atom. The summed E-state index contributed by atoms with van der Waals surface area (Å²) in [5.74, 6) is -2.43. The van der Waals surface area contributed by atoms with E-state index >= 15 is 0 Å². The van der Waals surface area contributed by atoms with E-state index in [4.69, 9.17) is 8.92 Å². The molecule has 128 valence electrons. The molecular weight excluding hydrogens is 335 g/mol. The van der Waals surface area contributed by atoms with E-state index in [0.29, 0.717) is 0 Å². The molecular formula is C17H17FO5S. The van der Waals surface area contributed by atoms with E-state index in [9.17, 15) is 17.6 Å². The van der Waals surface area contributed by atoms with Crippen LogP contribution in [-0.2, 0) is 19.1 Å². The van der Waals surface area contributed by atoms with Gasteiger partial charge in [-0.2, -0.15) is 12.8 Å². The highest BCUT2D eigenvalue weighted by molar-refractivity contribution is 7.86. The minimum Gasteiger partial charge on any atom is -0.451 e. The van der Waals surface area contributed by atoms with Crippen LogP contribution in [0.25, 0.3) is 0 Å². The molecule has 0 heterocycles. The van der Waals surface area contributed by atoms with E-state index in [1.165, 1.54) is 36.4 Å². The normalized spacial score (nSPS) is 13.9. The first kappa shape index (κ1) is 18.1. The van der Waals surface area contributed by atoms with E-state index in [2.05, 4.69) is 0 Å². The number of hydrogen-bond donors (Lipinski definition) is 0. The lowest BCUT2D eigenvalue weighted by molar-refractivity contribution is -0.177. The fraction of sp³-hybridized carbons (Fsp3) is 0.235. The SMILES string of the molecule is CCCC(Oc1ccccc1)(OS(=O)(=O)c1ccccc1)C(=O)F. The van der Waals surface area contributed by atoms with Crippen molar-refractivity contribution < 1.29 is 26.5 Å². The van der Waals surface area contributed by atoms with Crippen LogP contribution in [0.1, 0.15) is 19.8 Å². The Hall–Kier alpha value is -2.25. The van der Waals surface area contributed by atoms with Crippen molar-refractivity contribution >= 4 is 16.2 Å². The van der Waals surface area contributed by atoms with Crippen molar-refractivity contribution in [1.29, 1.82) is 0 Å². The van der Waals surface area contributed by atoms with Gasteiger partial charge in [0.15, 0.2) is 0 Å². The summed E-state index contributed by atoms with van der Waals surface area (Å²) in [5, 5.41) is 0. The molecule has 5 nitrogen and oxygen atoms in total. The van der Waals surface area contributed by atoms with Crippen LogP contribution in [0.2, 0.25) is 0 Å². The molecule has 0 amide bonds. The van der Waals surface area contributed by atoms with Crippen LogP contribution >= 0.6 is 0 Å². The monoisotopic (exact) mass is 352 g/mol. The molecule has 1 unspecified atom stereocenters. The topological polar surface area (TPSA) is 69.7 Å². The highest BCUT2D eigenvalue weighted by atomic mass is 32.2. The summed E-state index contributed by atoms with van der Waals surface area (Å²) in [6, 6.07) is 13.1. The third-order valence-corrected chi connectivity index (χ3v) is 4.52. The predicted octanol–water partition coefficient (Wildman–Crippen LogP) is 3.46. The van der Waals surface area contributed by atoms with Gasteiger partial charge in [-0.25, -0.2) is 4.18 Å².